The van der Waals surface area contributed by atoms with Gasteiger partial charge in [0.1, 0.15) is 0 Å². The Labute approximate surface area is 148 Å². The Morgan fingerprint density at radius 3 is 2.04 bits per heavy atom. The summed E-state index contributed by atoms with van der Waals surface area (Å²) >= 11 is 0. The maximum Gasteiger partial charge on any atom is 0.238 e. The van der Waals surface area contributed by atoms with Crippen LogP contribution in [-0.2, 0) is 20.0 Å². The van der Waals surface area contributed by atoms with E-state index in [0.29, 0.717) is 5.56 Å². The molecule has 0 saturated heterocycles. The Hall–Kier alpha value is -2.00. The number of hydrogen-bond donors (Lipinski definition) is 1. The molecule has 0 amide bonds. The van der Waals surface area contributed by atoms with E-state index in [1.807, 2.05) is 18.2 Å². The second kappa shape index (κ2) is 7.49. The van der Waals surface area contributed by atoms with Crippen LogP contribution in [0.25, 0.3) is 6.08 Å². The molecular weight excluding hydrogens is 360 g/mol. The van der Waals surface area contributed by atoms with Crippen molar-refractivity contribution in [2.45, 2.75) is 17.9 Å². The minimum absolute atomic E-state index is 0.0158. The molecule has 2 aromatic rings. The van der Waals surface area contributed by atoms with Gasteiger partial charge >= 0.3 is 0 Å². The van der Waals surface area contributed by atoms with Crippen LogP contribution < -0.4 is 5.14 Å². The molecule has 0 aliphatic carbocycles. The molecule has 2 rings (SSSR count). The van der Waals surface area contributed by atoms with E-state index < -0.39 is 26.1 Å². The van der Waals surface area contributed by atoms with E-state index in [0.717, 1.165) is 11.0 Å². The first-order valence-electron chi connectivity index (χ1n) is 7.45. The largest absolute Gasteiger partial charge is 0.238 e. The van der Waals surface area contributed by atoms with Crippen LogP contribution in [0.15, 0.2) is 64.9 Å². The molecule has 1 atom stereocenters. The van der Waals surface area contributed by atoms with E-state index in [2.05, 4.69) is 0 Å². The summed E-state index contributed by atoms with van der Waals surface area (Å²) in [4.78, 5) is -0.0158. The Balaban J connectivity index is 2.20. The van der Waals surface area contributed by atoms with Crippen molar-refractivity contribution in [3.8, 4) is 0 Å². The monoisotopic (exact) mass is 380 g/mol. The second-order valence-electron chi connectivity index (χ2n) is 5.56. The zero-order chi connectivity index (χ0) is 18.7. The van der Waals surface area contributed by atoms with Crippen LogP contribution in [0.1, 0.15) is 24.1 Å². The minimum atomic E-state index is -3.78. The fourth-order valence-electron chi connectivity index (χ4n) is 2.19. The van der Waals surface area contributed by atoms with Crippen LogP contribution in [0.5, 0.6) is 0 Å². The number of hydrogen-bond acceptors (Lipinski definition) is 4. The lowest BCUT2D eigenvalue weighted by Gasteiger charge is -2.23. The molecule has 0 heterocycles. The molecule has 0 fully saturated rings. The third-order valence-corrected chi connectivity index (χ3v) is 6.40. The lowest BCUT2D eigenvalue weighted by atomic mass is 10.1. The topological polar surface area (TPSA) is 97.5 Å². The quantitative estimate of drug-likeness (QED) is 0.831. The van der Waals surface area contributed by atoms with E-state index in [9.17, 15) is 16.8 Å². The van der Waals surface area contributed by atoms with Gasteiger partial charge in [0.2, 0.25) is 20.0 Å². The summed E-state index contributed by atoms with van der Waals surface area (Å²) in [5.74, 6) is 0. The van der Waals surface area contributed by atoms with Crippen LogP contribution in [0.4, 0.5) is 0 Å². The summed E-state index contributed by atoms with van der Waals surface area (Å²) in [6.45, 7) is 1.72. The van der Waals surface area contributed by atoms with Crippen LogP contribution >= 0.6 is 0 Å². The molecule has 0 aliphatic rings. The third kappa shape index (κ3) is 4.99. The number of primary sulfonamides is 1. The summed E-state index contributed by atoms with van der Waals surface area (Å²) < 4.78 is 48.7. The van der Waals surface area contributed by atoms with Gasteiger partial charge in [-0.2, -0.15) is 4.31 Å². The normalized spacial score (nSPS) is 14.1. The highest BCUT2D eigenvalue weighted by atomic mass is 32.2. The van der Waals surface area contributed by atoms with Gasteiger partial charge in [-0.05, 0) is 36.3 Å². The molecule has 1 unspecified atom stereocenters. The van der Waals surface area contributed by atoms with Crippen LogP contribution in [-0.4, -0.2) is 28.2 Å². The van der Waals surface area contributed by atoms with Crippen molar-refractivity contribution < 1.29 is 16.8 Å². The predicted octanol–water partition coefficient (Wildman–Crippen LogP) is 2.33. The van der Waals surface area contributed by atoms with Crippen LogP contribution in [0.2, 0.25) is 0 Å². The minimum Gasteiger partial charge on any atom is -0.225 e. The maximum absolute atomic E-state index is 12.5. The van der Waals surface area contributed by atoms with Crippen molar-refractivity contribution in [3.63, 3.8) is 0 Å². The highest BCUT2D eigenvalue weighted by Gasteiger charge is 2.22. The number of benzene rings is 2. The molecule has 0 radical (unpaired) electrons. The van der Waals surface area contributed by atoms with Crippen LogP contribution in [0, 0.1) is 0 Å². The fourth-order valence-corrected chi connectivity index (χ4v) is 3.79. The Morgan fingerprint density at radius 2 is 1.52 bits per heavy atom. The van der Waals surface area contributed by atoms with E-state index in [1.165, 1.54) is 29.6 Å². The molecule has 134 valence electrons. The van der Waals surface area contributed by atoms with Crippen molar-refractivity contribution in [3.05, 3.63) is 71.1 Å². The zero-order valence-corrected chi connectivity index (χ0v) is 15.5. The Kier molecular flexibility index (Phi) is 5.79. The standard InChI is InChI=1S/C17H20N2O4S2/c1-14(16-8-10-17(11-9-16)25(18,22)23)19(2)24(20,21)13-12-15-6-4-3-5-7-15/h3-14H,1-2H3,(H2,18,22,23)/b13-12+. The van der Waals surface area contributed by atoms with Gasteiger partial charge in [-0.3, -0.25) is 0 Å². The summed E-state index contributed by atoms with van der Waals surface area (Å²) in [5.41, 5.74) is 1.44. The summed E-state index contributed by atoms with van der Waals surface area (Å²) in [6, 6.07) is 14.5. The molecular formula is C17H20N2O4S2. The zero-order valence-electron chi connectivity index (χ0n) is 13.9. The lowest BCUT2D eigenvalue weighted by molar-refractivity contribution is 0.404. The second-order valence-corrected chi connectivity index (χ2v) is 9.00. The smallest absolute Gasteiger partial charge is 0.225 e. The Bertz CT molecular complexity index is 951. The molecule has 8 heteroatoms. The molecule has 0 bridgehead atoms. The first-order chi connectivity index (χ1) is 11.6. The van der Waals surface area contributed by atoms with Gasteiger partial charge in [0.25, 0.3) is 0 Å². The highest BCUT2D eigenvalue weighted by molar-refractivity contribution is 7.92. The van der Waals surface area contributed by atoms with Crippen molar-refractivity contribution in [1.82, 2.24) is 4.31 Å². The van der Waals surface area contributed by atoms with Crippen molar-refractivity contribution in [1.29, 1.82) is 0 Å². The predicted molar refractivity (Wildman–Crippen MR) is 98.4 cm³/mol. The SMILES string of the molecule is CC(c1ccc(S(N)(=O)=O)cc1)N(C)S(=O)(=O)/C=C/c1ccccc1. The average Bonchev–Trinajstić information content (AvgIpc) is 2.59. The number of nitrogens with zero attached hydrogens (tertiary/aromatic N) is 1. The van der Waals surface area contributed by atoms with Gasteiger partial charge < -0.3 is 0 Å². The van der Waals surface area contributed by atoms with Crippen LogP contribution in [0.3, 0.4) is 0 Å². The first-order valence-corrected chi connectivity index (χ1v) is 10.5. The number of rotatable bonds is 6. The van der Waals surface area contributed by atoms with Gasteiger partial charge in [-0.1, -0.05) is 42.5 Å². The maximum atomic E-state index is 12.5. The van der Waals surface area contributed by atoms with Gasteiger partial charge in [-0.15, -0.1) is 0 Å². The van der Waals surface area contributed by atoms with Gasteiger partial charge in [0.05, 0.1) is 4.90 Å². The van der Waals surface area contributed by atoms with E-state index >= 15 is 0 Å². The molecule has 0 saturated carbocycles. The molecule has 2 N–H and O–H groups in total. The number of nitrogens with two attached hydrogens (primary N) is 1. The number of sulfonamides is 2. The summed E-state index contributed by atoms with van der Waals surface area (Å²) in [7, 11) is -5.94. The Morgan fingerprint density at radius 1 is 0.960 bits per heavy atom. The van der Waals surface area contributed by atoms with Crippen molar-refractivity contribution in [2.75, 3.05) is 7.05 Å². The van der Waals surface area contributed by atoms with Gasteiger partial charge in [0.15, 0.2) is 0 Å². The summed E-state index contributed by atoms with van der Waals surface area (Å²) in [5, 5.41) is 6.21. The van der Waals surface area contributed by atoms with E-state index in [-0.39, 0.29) is 4.90 Å². The first kappa shape index (κ1) is 19.3. The lowest BCUT2D eigenvalue weighted by Crippen LogP contribution is -2.28. The molecule has 0 aromatic heterocycles. The highest BCUT2D eigenvalue weighted by Crippen LogP contribution is 2.23. The summed E-state index contributed by atoms with van der Waals surface area (Å²) in [6.07, 6.45) is 1.53. The van der Waals surface area contributed by atoms with Crippen molar-refractivity contribution in [2.24, 2.45) is 5.14 Å². The molecule has 2 aromatic carbocycles. The van der Waals surface area contributed by atoms with Crippen molar-refractivity contribution >= 4 is 26.1 Å². The molecule has 0 aliphatic heterocycles. The molecule has 6 nitrogen and oxygen atoms in total. The van der Waals surface area contributed by atoms with Gasteiger partial charge in [0, 0.05) is 18.5 Å². The van der Waals surface area contributed by atoms with E-state index in [1.54, 1.807) is 31.2 Å². The van der Waals surface area contributed by atoms with E-state index in [4.69, 9.17) is 5.14 Å². The fraction of sp³-hybridized carbons (Fsp3) is 0.176. The molecule has 0 spiro atoms. The van der Waals surface area contributed by atoms with Gasteiger partial charge in [-0.25, -0.2) is 22.0 Å². The molecule has 25 heavy (non-hydrogen) atoms. The average molecular weight is 380 g/mol. The third-order valence-electron chi connectivity index (χ3n) is 3.87.